The monoisotopic (exact) mass is 360 g/mol. The molecule has 0 N–H and O–H groups in total. The molecule has 26 heavy (non-hydrogen) atoms. The van der Waals surface area contributed by atoms with E-state index in [1.165, 1.54) is 102 Å². The second-order valence-corrected chi connectivity index (χ2v) is 7.84. The van der Waals surface area contributed by atoms with Gasteiger partial charge in [-0.15, -0.1) is 0 Å². The molecule has 150 valence electrons. The van der Waals surface area contributed by atoms with Crippen LogP contribution in [0.2, 0.25) is 0 Å². The van der Waals surface area contributed by atoms with Crippen LogP contribution in [0.15, 0.2) is 24.3 Å². The maximum atomic E-state index is 5.81. The smallest absolute Gasteiger partial charge is 0.119 e. The Labute approximate surface area is 163 Å². The zero-order valence-corrected chi connectivity index (χ0v) is 17.7. The lowest BCUT2D eigenvalue weighted by atomic mass is 10.0. The van der Waals surface area contributed by atoms with Crippen molar-refractivity contribution in [2.45, 2.75) is 117 Å². The lowest BCUT2D eigenvalue weighted by Gasteiger charge is -2.08. The number of rotatable bonds is 18. The van der Waals surface area contributed by atoms with E-state index in [0.29, 0.717) is 0 Å². The van der Waals surface area contributed by atoms with Crippen LogP contribution >= 0.6 is 0 Å². The molecule has 0 saturated carbocycles. The predicted octanol–water partition coefficient (Wildman–Crippen LogP) is 8.50. The van der Waals surface area contributed by atoms with Gasteiger partial charge in [-0.25, -0.2) is 0 Å². The van der Waals surface area contributed by atoms with Crippen LogP contribution in [-0.2, 0) is 6.42 Å². The topological polar surface area (TPSA) is 9.23 Å². The van der Waals surface area contributed by atoms with Crippen molar-refractivity contribution in [1.82, 2.24) is 0 Å². The molecule has 1 aromatic carbocycles. The molecule has 1 nitrogen and oxygen atoms in total. The van der Waals surface area contributed by atoms with Gasteiger partial charge in [0.1, 0.15) is 5.75 Å². The molecule has 0 aliphatic rings. The van der Waals surface area contributed by atoms with E-state index in [1.54, 1.807) is 0 Å². The molecule has 1 aromatic rings. The van der Waals surface area contributed by atoms with Crippen molar-refractivity contribution >= 4 is 0 Å². The van der Waals surface area contributed by atoms with Crippen LogP contribution in [0.5, 0.6) is 5.75 Å². The zero-order chi connectivity index (χ0) is 18.7. The van der Waals surface area contributed by atoms with Crippen molar-refractivity contribution < 1.29 is 4.74 Å². The average molecular weight is 361 g/mol. The van der Waals surface area contributed by atoms with Crippen LogP contribution in [0.1, 0.15) is 116 Å². The largest absolute Gasteiger partial charge is 0.494 e. The lowest BCUT2D eigenvalue weighted by Crippen LogP contribution is -1.97. The van der Waals surface area contributed by atoms with Crippen LogP contribution < -0.4 is 4.74 Å². The summed E-state index contributed by atoms with van der Waals surface area (Å²) >= 11 is 0. The molecule has 0 aliphatic carbocycles. The van der Waals surface area contributed by atoms with Gasteiger partial charge in [-0.05, 0) is 37.0 Å². The number of unbranched alkanes of at least 4 members (excludes halogenated alkanes) is 13. The second kappa shape index (κ2) is 17.4. The quantitative estimate of drug-likeness (QED) is 0.238. The van der Waals surface area contributed by atoms with Crippen molar-refractivity contribution in [2.24, 2.45) is 0 Å². The first-order valence-electron chi connectivity index (χ1n) is 11.6. The highest BCUT2D eigenvalue weighted by Gasteiger charge is 1.98. The number of hydrogen-bond donors (Lipinski definition) is 0. The van der Waals surface area contributed by atoms with Gasteiger partial charge < -0.3 is 4.74 Å². The summed E-state index contributed by atoms with van der Waals surface area (Å²) in [6.07, 6.45) is 22.0. The molecule has 1 rings (SSSR count). The first-order valence-corrected chi connectivity index (χ1v) is 11.6. The molecule has 0 unspecified atom stereocenters. The van der Waals surface area contributed by atoms with Crippen LogP contribution in [0, 0.1) is 0 Å². The van der Waals surface area contributed by atoms with E-state index >= 15 is 0 Å². The number of aryl methyl sites for hydroxylation is 1. The molecule has 0 bridgehead atoms. The maximum absolute atomic E-state index is 5.81. The first-order chi connectivity index (χ1) is 12.9. The Morgan fingerprint density at radius 2 is 1.15 bits per heavy atom. The lowest BCUT2D eigenvalue weighted by molar-refractivity contribution is 0.309. The fraction of sp³-hybridized carbons (Fsp3) is 0.760. The Morgan fingerprint density at radius 1 is 0.615 bits per heavy atom. The van der Waals surface area contributed by atoms with Crippen LogP contribution in [0.4, 0.5) is 0 Å². The Balaban J connectivity index is 1.92. The number of benzene rings is 1. The van der Waals surface area contributed by atoms with E-state index in [2.05, 4.69) is 38.1 Å². The van der Waals surface area contributed by atoms with E-state index in [-0.39, 0.29) is 0 Å². The van der Waals surface area contributed by atoms with Gasteiger partial charge in [0.2, 0.25) is 0 Å². The van der Waals surface area contributed by atoms with Gasteiger partial charge >= 0.3 is 0 Å². The molecule has 0 aliphatic heterocycles. The van der Waals surface area contributed by atoms with Gasteiger partial charge in [-0.3, -0.25) is 0 Å². The molecular weight excluding hydrogens is 316 g/mol. The minimum Gasteiger partial charge on any atom is -0.494 e. The first kappa shape index (κ1) is 23.1. The molecule has 0 spiro atoms. The third-order valence-corrected chi connectivity index (χ3v) is 5.23. The molecule has 0 aromatic heterocycles. The summed E-state index contributed by atoms with van der Waals surface area (Å²) < 4.78 is 5.81. The highest BCUT2D eigenvalue weighted by atomic mass is 16.5. The van der Waals surface area contributed by atoms with Crippen molar-refractivity contribution in [3.63, 3.8) is 0 Å². The Bertz CT molecular complexity index is 412. The van der Waals surface area contributed by atoms with Gasteiger partial charge in [0.15, 0.2) is 0 Å². The highest BCUT2D eigenvalue weighted by molar-refractivity contribution is 5.28. The van der Waals surface area contributed by atoms with E-state index in [9.17, 15) is 0 Å². The minimum atomic E-state index is 0.846. The van der Waals surface area contributed by atoms with Gasteiger partial charge in [0.25, 0.3) is 0 Å². The van der Waals surface area contributed by atoms with Gasteiger partial charge in [0.05, 0.1) is 6.61 Å². The standard InChI is InChI=1S/C25H44O/c1-3-5-7-8-9-10-11-12-13-14-15-16-17-19-24-20-18-21-25(23-24)26-22-6-4-2/h18,20-21,23H,3-17,19,22H2,1-2H3. The predicted molar refractivity (Wildman–Crippen MR) is 116 cm³/mol. The second-order valence-electron chi connectivity index (χ2n) is 7.84. The van der Waals surface area contributed by atoms with E-state index in [0.717, 1.165) is 18.8 Å². The Kier molecular flexibility index (Phi) is 15.5. The van der Waals surface area contributed by atoms with E-state index < -0.39 is 0 Å². The van der Waals surface area contributed by atoms with Gasteiger partial charge in [-0.1, -0.05) is 109 Å². The number of ether oxygens (including phenoxy) is 1. The van der Waals surface area contributed by atoms with Gasteiger partial charge in [-0.2, -0.15) is 0 Å². The molecular formula is C25H44O. The highest BCUT2D eigenvalue weighted by Crippen LogP contribution is 2.17. The minimum absolute atomic E-state index is 0.846. The van der Waals surface area contributed by atoms with Crippen LogP contribution in [-0.4, -0.2) is 6.61 Å². The van der Waals surface area contributed by atoms with Gasteiger partial charge in [0, 0.05) is 0 Å². The summed E-state index contributed by atoms with van der Waals surface area (Å²) in [6, 6.07) is 8.70. The number of hydrogen-bond acceptors (Lipinski definition) is 1. The van der Waals surface area contributed by atoms with Crippen molar-refractivity contribution in [1.29, 1.82) is 0 Å². The van der Waals surface area contributed by atoms with Crippen LogP contribution in [0.25, 0.3) is 0 Å². The summed E-state index contributed by atoms with van der Waals surface area (Å²) in [4.78, 5) is 0. The van der Waals surface area contributed by atoms with Crippen molar-refractivity contribution in [3.8, 4) is 5.75 Å². The summed E-state index contributed by atoms with van der Waals surface area (Å²) in [5.74, 6) is 1.05. The third kappa shape index (κ3) is 13.3. The van der Waals surface area contributed by atoms with Crippen molar-refractivity contribution in [3.05, 3.63) is 29.8 Å². The molecule has 0 atom stereocenters. The third-order valence-electron chi connectivity index (χ3n) is 5.23. The molecule has 0 heterocycles. The molecule has 0 fully saturated rings. The molecule has 1 heteroatoms. The van der Waals surface area contributed by atoms with E-state index in [4.69, 9.17) is 4.74 Å². The summed E-state index contributed by atoms with van der Waals surface area (Å²) in [5.41, 5.74) is 1.43. The molecule has 0 saturated heterocycles. The fourth-order valence-corrected chi connectivity index (χ4v) is 3.47. The zero-order valence-electron chi connectivity index (χ0n) is 17.7. The molecule has 0 amide bonds. The summed E-state index contributed by atoms with van der Waals surface area (Å²) in [5, 5.41) is 0. The summed E-state index contributed by atoms with van der Waals surface area (Å²) in [7, 11) is 0. The summed E-state index contributed by atoms with van der Waals surface area (Å²) in [6.45, 7) is 5.34. The molecule has 0 radical (unpaired) electrons. The average Bonchev–Trinajstić information content (AvgIpc) is 2.66. The van der Waals surface area contributed by atoms with Crippen molar-refractivity contribution in [2.75, 3.05) is 6.61 Å². The Hall–Kier alpha value is -0.980. The Morgan fingerprint density at radius 3 is 1.73 bits per heavy atom. The SMILES string of the molecule is CCCCCCCCCCCCCCCc1cccc(OCCCC)c1. The van der Waals surface area contributed by atoms with Crippen LogP contribution in [0.3, 0.4) is 0 Å². The normalized spacial score (nSPS) is 11.0. The van der Waals surface area contributed by atoms with E-state index in [1.807, 2.05) is 0 Å². The maximum Gasteiger partial charge on any atom is 0.119 e. The fourth-order valence-electron chi connectivity index (χ4n) is 3.47.